The van der Waals surface area contributed by atoms with Crippen LogP contribution in [0.2, 0.25) is 0 Å². The van der Waals surface area contributed by atoms with Gasteiger partial charge in [0.2, 0.25) is 0 Å². The number of Topliss-reactive ketones (excluding diaryl/α,β-unsaturated/α-hetero) is 1. The third-order valence-corrected chi connectivity index (χ3v) is 5.85. The molecule has 1 aromatic rings. The van der Waals surface area contributed by atoms with Crippen molar-refractivity contribution < 1.29 is 14.3 Å². The molecule has 0 amide bonds. The number of likely N-dealkylation sites (tertiary alicyclic amines) is 1. The molecule has 0 aromatic heterocycles. The Kier molecular flexibility index (Phi) is 5.14. The second-order valence-electron chi connectivity index (χ2n) is 7.21. The van der Waals surface area contributed by atoms with Crippen molar-refractivity contribution in [3.05, 3.63) is 23.8 Å². The first-order valence-electron chi connectivity index (χ1n) is 9.14. The van der Waals surface area contributed by atoms with Crippen LogP contribution in [-0.4, -0.2) is 44.0 Å². The molecule has 1 saturated heterocycles. The lowest BCUT2D eigenvalue weighted by Gasteiger charge is -2.41. The molecular weight excluding hydrogens is 302 g/mol. The summed E-state index contributed by atoms with van der Waals surface area (Å²) in [5.74, 6) is 2.03. The average Bonchev–Trinajstić information content (AvgIpc) is 2.93. The molecule has 4 heteroatoms. The van der Waals surface area contributed by atoms with E-state index >= 15 is 0 Å². The van der Waals surface area contributed by atoms with Crippen LogP contribution >= 0.6 is 0 Å². The highest BCUT2D eigenvalue weighted by atomic mass is 16.5. The third kappa shape index (κ3) is 3.04. The monoisotopic (exact) mass is 331 g/mol. The quantitative estimate of drug-likeness (QED) is 0.747. The van der Waals surface area contributed by atoms with Gasteiger partial charge in [-0.1, -0.05) is 19.4 Å². The van der Waals surface area contributed by atoms with E-state index < -0.39 is 0 Å². The molecule has 0 spiro atoms. The fourth-order valence-corrected chi connectivity index (χ4v) is 4.35. The Morgan fingerprint density at radius 2 is 2.12 bits per heavy atom. The Labute approximate surface area is 145 Å². The highest BCUT2D eigenvalue weighted by Gasteiger charge is 2.50. The summed E-state index contributed by atoms with van der Waals surface area (Å²) in [5, 5.41) is 0. The van der Waals surface area contributed by atoms with Gasteiger partial charge in [-0.05, 0) is 50.6 Å². The molecule has 0 N–H and O–H groups in total. The van der Waals surface area contributed by atoms with Crippen LogP contribution in [0.5, 0.6) is 11.5 Å². The molecule has 2 aliphatic rings. The predicted octanol–water partition coefficient (Wildman–Crippen LogP) is 3.57. The zero-order valence-corrected chi connectivity index (χ0v) is 15.1. The van der Waals surface area contributed by atoms with Crippen molar-refractivity contribution >= 4 is 5.78 Å². The maximum absolute atomic E-state index is 12.0. The summed E-state index contributed by atoms with van der Waals surface area (Å²) < 4.78 is 11.5. The van der Waals surface area contributed by atoms with E-state index in [2.05, 4.69) is 31.0 Å². The molecule has 24 heavy (non-hydrogen) atoms. The lowest BCUT2D eigenvalue weighted by molar-refractivity contribution is -0.122. The molecular formula is C20H29NO3. The maximum Gasteiger partial charge on any atom is 0.161 e. The number of fused-ring (bicyclic) bond motifs is 1. The molecule has 1 aliphatic heterocycles. The third-order valence-electron chi connectivity index (χ3n) is 5.85. The summed E-state index contributed by atoms with van der Waals surface area (Å²) in [6, 6.07) is 6.68. The number of hydrogen-bond donors (Lipinski definition) is 0. The number of ketones is 1. The Morgan fingerprint density at radius 3 is 2.88 bits per heavy atom. The smallest absolute Gasteiger partial charge is 0.161 e. The number of carbonyl (C=O) groups excluding carboxylic acids is 1. The first-order valence-corrected chi connectivity index (χ1v) is 9.14. The average molecular weight is 331 g/mol. The fourth-order valence-electron chi connectivity index (χ4n) is 4.35. The van der Waals surface area contributed by atoms with Crippen LogP contribution in [-0.2, 0) is 10.2 Å². The van der Waals surface area contributed by atoms with E-state index in [0.29, 0.717) is 31.3 Å². The van der Waals surface area contributed by atoms with Crippen molar-refractivity contribution in [1.29, 1.82) is 0 Å². The van der Waals surface area contributed by atoms with Gasteiger partial charge in [0.25, 0.3) is 0 Å². The topological polar surface area (TPSA) is 38.8 Å². The van der Waals surface area contributed by atoms with Crippen molar-refractivity contribution in [1.82, 2.24) is 4.90 Å². The first-order chi connectivity index (χ1) is 11.6. The van der Waals surface area contributed by atoms with Gasteiger partial charge in [-0.3, -0.25) is 4.79 Å². The Bertz CT molecular complexity index is 601. The van der Waals surface area contributed by atoms with Gasteiger partial charge in [0.15, 0.2) is 11.5 Å². The van der Waals surface area contributed by atoms with Gasteiger partial charge in [0, 0.05) is 24.3 Å². The summed E-state index contributed by atoms with van der Waals surface area (Å²) in [7, 11) is 3.83. The van der Waals surface area contributed by atoms with E-state index in [1.54, 1.807) is 7.11 Å². The molecule has 1 heterocycles. The highest BCUT2D eigenvalue weighted by molar-refractivity contribution is 5.81. The molecule has 0 unspecified atom stereocenters. The van der Waals surface area contributed by atoms with Crippen molar-refractivity contribution in [2.75, 3.05) is 27.3 Å². The number of nitrogens with zero attached hydrogens (tertiary/aromatic N) is 1. The van der Waals surface area contributed by atoms with Gasteiger partial charge in [0.05, 0.1) is 13.7 Å². The number of rotatable bonds is 6. The summed E-state index contributed by atoms with van der Waals surface area (Å²) in [5.41, 5.74) is 1.38. The van der Waals surface area contributed by atoms with Crippen molar-refractivity contribution in [2.45, 2.75) is 56.9 Å². The van der Waals surface area contributed by atoms with Gasteiger partial charge in [-0.15, -0.1) is 0 Å². The van der Waals surface area contributed by atoms with Crippen molar-refractivity contribution in [2.24, 2.45) is 0 Å². The standard InChI is InChI=1S/C20H29NO3/c1-4-5-12-24-18-13-15(6-7-17(18)23-3)20-9-8-16(22)14-19(20)21(2)11-10-20/h6-7,13,19H,4-5,8-12,14H2,1-3H3/t19-,20-/m0/s1. The number of ether oxygens (including phenoxy) is 2. The number of likely N-dealkylation sites (N-methyl/N-ethyl adjacent to an activating group) is 1. The van der Waals surface area contributed by atoms with Gasteiger partial charge in [-0.25, -0.2) is 0 Å². The van der Waals surface area contributed by atoms with Crippen molar-refractivity contribution in [3.8, 4) is 11.5 Å². The molecule has 4 nitrogen and oxygen atoms in total. The molecule has 2 fully saturated rings. The summed E-state index contributed by atoms with van der Waals surface area (Å²) >= 11 is 0. The first kappa shape index (κ1) is 17.3. The van der Waals surface area contributed by atoms with E-state index in [4.69, 9.17) is 9.47 Å². The van der Waals surface area contributed by atoms with E-state index in [1.807, 2.05) is 6.07 Å². The number of carbonyl (C=O) groups is 1. The molecule has 0 radical (unpaired) electrons. The SMILES string of the molecule is CCCCOc1cc([C@@]23CCC(=O)C[C@@H]2N(C)CC3)ccc1OC. The minimum Gasteiger partial charge on any atom is -0.493 e. The summed E-state index contributed by atoms with van der Waals surface area (Å²) in [6.07, 6.45) is 5.58. The van der Waals surface area contributed by atoms with Crippen LogP contribution in [0.3, 0.4) is 0 Å². The normalized spacial score (nSPS) is 27.1. The number of benzene rings is 1. The Hall–Kier alpha value is -1.55. The molecule has 132 valence electrons. The van der Waals surface area contributed by atoms with Crippen LogP contribution < -0.4 is 9.47 Å². The van der Waals surface area contributed by atoms with E-state index in [0.717, 1.165) is 43.7 Å². The van der Waals surface area contributed by atoms with Crippen molar-refractivity contribution in [3.63, 3.8) is 0 Å². The predicted molar refractivity (Wildman–Crippen MR) is 95.0 cm³/mol. The maximum atomic E-state index is 12.0. The Morgan fingerprint density at radius 1 is 1.29 bits per heavy atom. The number of methoxy groups -OCH3 is 1. The molecule has 2 atom stereocenters. The fraction of sp³-hybridized carbons (Fsp3) is 0.650. The van der Waals surface area contributed by atoms with Crippen LogP contribution in [0, 0.1) is 0 Å². The summed E-state index contributed by atoms with van der Waals surface area (Å²) in [6.45, 7) is 3.93. The van der Waals surface area contributed by atoms with E-state index in [-0.39, 0.29) is 5.41 Å². The van der Waals surface area contributed by atoms with Crippen LogP contribution in [0.1, 0.15) is 51.0 Å². The number of hydrogen-bond acceptors (Lipinski definition) is 4. The minimum atomic E-state index is 0.0811. The highest BCUT2D eigenvalue weighted by Crippen LogP contribution is 2.49. The summed E-state index contributed by atoms with van der Waals surface area (Å²) in [4.78, 5) is 14.4. The molecule has 1 saturated carbocycles. The van der Waals surface area contributed by atoms with Gasteiger partial charge >= 0.3 is 0 Å². The van der Waals surface area contributed by atoms with Crippen LogP contribution in [0.4, 0.5) is 0 Å². The largest absolute Gasteiger partial charge is 0.493 e. The molecule has 1 aromatic carbocycles. The van der Waals surface area contributed by atoms with E-state index in [1.165, 1.54) is 5.56 Å². The van der Waals surface area contributed by atoms with E-state index in [9.17, 15) is 4.79 Å². The second-order valence-corrected chi connectivity index (χ2v) is 7.21. The van der Waals surface area contributed by atoms with Crippen LogP contribution in [0.25, 0.3) is 0 Å². The lowest BCUT2D eigenvalue weighted by Crippen LogP contribution is -2.46. The molecule has 3 rings (SSSR count). The van der Waals surface area contributed by atoms with Gasteiger partial charge in [0.1, 0.15) is 5.78 Å². The van der Waals surface area contributed by atoms with Crippen LogP contribution in [0.15, 0.2) is 18.2 Å². The number of unbranched alkanes of at least 4 members (excludes halogenated alkanes) is 1. The zero-order valence-electron chi connectivity index (χ0n) is 15.1. The minimum absolute atomic E-state index is 0.0811. The molecule has 1 aliphatic carbocycles. The Balaban J connectivity index is 1.92. The lowest BCUT2D eigenvalue weighted by atomic mass is 9.66. The van der Waals surface area contributed by atoms with Gasteiger partial charge in [-0.2, -0.15) is 0 Å². The van der Waals surface area contributed by atoms with Gasteiger partial charge < -0.3 is 14.4 Å². The second kappa shape index (κ2) is 7.14. The zero-order chi connectivity index (χ0) is 17.2. The molecule has 0 bridgehead atoms.